The number of hydrogen-bond acceptors (Lipinski definition) is 4. The Morgan fingerprint density at radius 3 is 2.80 bits per heavy atom. The number of aliphatic imine (C=N–C) groups is 1. The molecule has 56 valence electrons. The number of rotatable bonds is 1. The molecule has 0 aromatic heterocycles. The second-order valence-electron chi connectivity index (χ2n) is 2.31. The fourth-order valence-corrected chi connectivity index (χ4v) is 1.09. The minimum absolute atomic E-state index is 0.161. The smallest absolute Gasteiger partial charge is 0.241 e. The van der Waals surface area contributed by atoms with Crippen LogP contribution in [0.5, 0.6) is 0 Å². The molecule has 10 heavy (non-hydrogen) atoms. The first kappa shape index (κ1) is 6.12. The zero-order chi connectivity index (χ0) is 6.81. The van der Waals surface area contributed by atoms with E-state index >= 15 is 0 Å². The van der Waals surface area contributed by atoms with Crippen LogP contribution < -0.4 is 0 Å². The highest BCUT2D eigenvalue weighted by molar-refractivity contribution is 5.57. The largest absolute Gasteiger partial charge is 0.333 e. The Balaban J connectivity index is 1.91. The Kier molecular flexibility index (Phi) is 1.56. The van der Waals surface area contributed by atoms with Gasteiger partial charge in [0.1, 0.15) is 0 Å². The van der Waals surface area contributed by atoms with Crippen molar-refractivity contribution >= 4 is 6.34 Å². The third-order valence-electron chi connectivity index (χ3n) is 1.59. The normalized spacial score (nSPS) is 26.6. The molecule has 0 aromatic rings. The van der Waals surface area contributed by atoms with Crippen molar-refractivity contribution in [3.8, 4) is 0 Å². The van der Waals surface area contributed by atoms with E-state index in [0.717, 1.165) is 13.1 Å². The Hall–Kier alpha value is -0.610. The molecule has 0 amide bonds. The van der Waals surface area contributed by atoms with Crippen LogP contribution in [0.3, 0.4) is 0 Å². The summed E-state index contributed by atoms with van der Waals surface area (Å²) >= 11 is 0. The van der Waals surface area contributed by atoms with E-state index in [9.17, 15) is 0 Å². The molecule has 0 aliphatic carbocycles. The summed E-state index contributed by atoms with van der Waals surface area (Å²) in [5, 5.41) is 0. The molecule has 0 unspecified atom stereocenters. The summed E-state index contributed by atoms with van der Waals surface area (Å²) in [4.78, 5) is 6.02. The van der Waals surface area contributed by atoms with Gasteiger partial charge >= 0.3 is 0 Å². The first-order valence-electron chi connectivity index (χ1n) is 3.46. The molecule has 2 aliphatic heterocycles. The highest BCUT2D eigenvalue weighted by Crippen LogP contribution is 2.09. The standard InChI is InChI=1S/C6H10N2O2/c1-2-8(5-7-1)6-9-3-4-10-6/h5-6H,1-4H2. The number of nitrogens with zero attached hydrogens (tertiary/aromatic N) is 2. The molecule has 2 rings (SSSR count). The molecule has 0 saturated carbocycles. The second-order valence-corrected chi connectivity index (χ2v) is 2.31. The molecule has 0 atom stereocenters. The summed E-state index contributed by atoms with van der Waals surface area (Å²) in [5.74, 6) is 0. The predicted octanol–water partition coefficient (Wildman–Crippen LogP) is -0.339. The van der Waals surface area contributed by atoms with E-state index in [-0.39, 0.29) is 6.41 Å². The Labute approximate surface area is 59.4 Å². The molecule has 1 fully saturated rings. The molecule has 2 aliphatic rings. The molecule has 4 nitrogen and oxygen atoms in total. The van der Waals surface area contributed by atoms with Crippen molar-refractivity contribution < 1.29 is 9.47 Å². The molecule has 0 aromatic carbocycles. The lowest BCUT2D eigenvalue weighted by atomic mass is 10.6. The van der Waals surface area contributed by atoms with Gasteiger partial charge in [-0.3, -0.25) is 4.99 Å². The molecule has 0 spiro atoms. The first-order chi connectivity index (χ1) is 4.97. The zero-order valence-electron chi connectivity index (χ0n) is 5.69. The molecular weight excluding hydrogens is 132 g/mol. The van der Waals surface area contributed by atoms with Gasteiger partial charge in [-0.1, -0.05) is 0 Å². The van der Waals surface area contributed by atoms with Crippen molar-refractivity contribution in [1.29, 1.82) is 0 Å². The number of ether oxygens (including phenoxy) is 2. The fourth-order valence-electron chi connectivity index (χ4n) is 1.09. The maximum atomic E-state index is 5.25. The Morgan fingerprint density at radius 2 is 2.20 bits per heavy atom. The van der Waals surface area contributed by atoms with Gasteiger partial charge in [0.25, 0.3) is 0 Å². The molecule has 2 heterocycles. The van der Waals surface area contributed by atoms with E-state index in [2.05, 4.69) is 4.99 Å². The molecular formula is C6H10N2O2. The van der Waals surface area contributed by atoms with E-state index in [1.807, 2.05) is 4.90 Å². The fraction of sp³-hybridized carbons (Fsp3) is 0.833. The van der Waals surface area contributed by atoms with Crippen LogP contribution in [0.2, 0.25) is 0 Å². The van der Waals surface area contributed by atoms with Crippen LogP contribution >= 0.6 is 0 Å². The Morgan fingerprint density at radius 1 is 1.40 bits per heavy atom. The van der Waals surface area contributed by atoms with Crippen LogP contribution in [-0.2, 0) is 9.47 Å². The van der Waals surface area contributed by atoms with Gasteiger partial charge in [-0.25, -0.2) is 0 Å². The maximum Gasteiger partial charge on any atom is 0.241 e. The lowest BCUT2D eigenvalue weighted by Crippen LogP contribution is -2.33. The van der Waals surface area contributed by atoms with Crippen LogP contribution in [0.25, 0.3) is 0 Å². The van der Waals surface area contributed by atoms with Gasteiger partial charge in [0.15, 0.2) is 0 Å². The minimum Gasteiger partial charge on any atom is -0.333 e. The van der Waals surface area contributed by atoms with E-state index in [0.29, 0.717) is 13.2 Å². The summed E-state index contributed by atoms with van der Waals surface area (Å²) in [7, 11) is 0. The monoisotopic (exact) mass is 142 g/mol. The van der Waals surface area contributed by atoms with Gasteiger partial charge in [0.2, 0.25) is 6.41 Å². The van der Waals surface area contributed by atoms with E-state index in [1.54, 1.807) is 6.34 Å². The number of hydrogen-bond donors (Lipinski definition) is 0. The lowest BCUT2D eigenvalue weighted by molar-refractivity contribution is -0.117. The van der Waals surface area contributed by atoms with E-state index < -0.39 is 0 Å². The summed E-state index contributed by atoms with van der Waals surface area (Å²) < 4.78 is 10.5. The molecule has 0 N–H and O–H groups in total. The van der Waals surface area contributed by atoms with Crippen LogP contribution in [0.1, 0.15) is 0 Å². The summed E-state index contributed by atoms with van der Waals surface area (Å²) in [6.07, 6.45) is 1.63. The molecule has 1 saturated heterocycles. The second kappa shape index (κ2) is 2.56. The maximum absolute atomic E-state index is 5.25. The Bertz CT molecular complexity index is 143. The van der Waals surface area contributed by atoms with E-state index in [4.69, 9.17) is 9.47 Å². The third kappa shape index (κ3) is 0.998. The predicted molar refractivity (Wildman–Crippen MR) is 35.8 cm³/mol. The van der Waals surface area contributed by atoms with Crippen molar-refractivity contribution in [2.45, 2.75) is 6.41 Å². The average molecular weight is 142 g/mol. The lowest BCUT2D eigenvalue weighted by Gasteiger charge is -2.19. The highest BCUT2D eigenvalue weighted by Gasteiger charge is 2.23. The van der Waals surface area contributed by atoms with Gasteiger partial charge in [0, 0.05) is 6.54 Å². The molecule has 4 heteroatoms. The van der Waals surface area contributed by atoms with Crippen LogP contribution in [-0.4, -0.2) is 44.0 Å². The summed E-state index contributed by atoms with van der Waals surface area (Å²) in [6, 6.07) is 0. The molecule has 0 radical (unpaired) electrons. The van der Waals surface area contributed by atoms with E-state index in [1.165, 1.54) is 0 Å². The van der Waals surface area contributed by atoms with Gasteiger partial charge < -0.3 is 14.4 Å². The van der Waals surface area contributed by atoms with Gasteiger partial charge in [-0.2, -0.15) is 0 Å². The van der Waals surface area contributed by atoms with Crippen LogP contribution in [0, 0.1) is 0 Å². The van der Waals surface area contributed by atoms with Crippen molar-refractivity contribution in [3.63, 3.8) is 0 Å². The van der Waals surface area contributed by atoms with Gasteiger partial charge in [0.05, 0.1) is 26.1 Å². The van der Waals surface area contributed by atoms with Gasteiger partial charge in [-0.15, -0.1) is 0 Å². The van der Waals surface area contributed by atoms with Crippen LogP contribution in [0.15, 0.2) is 4.99 Å². The van der Waals surface area contributed by atoms with Gasteiger partial charge in [-0.05, 0) is 0 Å². The molecule has 0 bridgehead atoms. The third-order valence-corrected chi connectivity index (χ3v) is 1.59. The van der Waals surface area contributed by atoms with Crippen molar-refractivity contribution in [2.75, 3.05) is 26.3 Å². The quantitative estimate of drug-likeness (QED) is 0.502. The van der Waals surface area contributed by atoms with Crippen molar-refractivity contribution in [3.05, 3.63) is 0 Å². The minimum atomic E-state index is -0.161. The van der Waals surface area contributed by atoms with Crippen molar-refractivity contribution in [2.24, 2.45) is 4.99 Å². The summed E-state index contributed by atoms with van der Waals surface area (Å²) in [6.45, 7) is 3.19. The van der Waals surface area contributed by atoms with Crippen LogP contribution in [0.4, 0.5) is 0 Å². The zero-order valence-corrected chi connectivity index (χ0v) is 5.69. The average Bonchev–Trinajstić information content (AvgIpc) is 2.59. The first-order valence-corrected chi connectivity index (χ1v) is 3.46. The highest BCUT2D eigenvalue weighted by atomic mass is 16.7. The van der Waals surface area contributed by atoms with Crippen molar-refractivity contribution in [1.82, 2.24) is 4.90 Å². The topological polar surface area (TPSA) is 34.1 Å². The summed E-state index contributed by atoms with van der Waals surface area (Å²) in [5.41, 5.74) is 0. The SMILES string of the molecule is C1=NCCN1C1OCCO1.